The van der Waals surface area contributed by atoms with E-state index in [1.54, 1.807) is 0 Å². The molecular formula is C23H36N6O2. The Kier molecular flexibility index (Phi) is 7.87. The highest BCUT2D eigenvalue weighted by molar-refractivity contribution is 5.76. The number of pyridine rings is 1. The number of nitrogens with zero attached hydrogens (tertiary/aromatic N) is 3. The minimum Gasteiger partial charge on any atom is -0.478 e. The van der Waals surface area contributed by atoms with E-state index in [4.69, 9.17) is 4.74 Å². The van der Waals surface area contributed by atoms with Gasteiger partial charge in [0.25, 0.3) is 0 Å². The highest BCUT2D eigenvalue weighted by Crippen LogP contribution is 2.26. The number of carbonyl (C=O) groups excluding carboxylic acids is 1. The van der Waals surface area contributed by atoms with Crippen LogP contribution in [-0.4, -0.2) is 66.7 Å². The maximum Gasteiger partial charge on any atom is 0.323 e. The van der Waals surface area contributed by atoms with E-state index in [0.29, 0.717) is 0 Å². The Morgan fingerprint density at radius 1 is 1.16 bits per heavy atom. The molecule has 0 spiro atoms. The normalized spacial score (nSPS) is 20.4. The molecule has 3 N–H and O–H groups in total. The molecule has 3 heterocycles. The Morgan fingerprint density at radius 2 is 2.00 bits per heavy atom. The minimum absolute atomic E-state index is 0.0420. The van der Waals surface area contributed by atoms with Crippen molar-refractivity contribution in [1.29, 1.82) is 0 Å². The van der Waals surface area contributed by atoms with Gasteiger partial charge in [-0.25, -0.2) is 9.78 Å². The van der Waals surface area contributed by atoms with Crippen molar-refractivity contribution in [1.82, 2.24) is 30.7 Å². The predicted molar refractivity (Wildman–Crippen MR) is 120 cm³/mol. The zero-order chi connectivity index (χ0) is 21.3. The van der Waals surface area contributed by atoms with Crippen LogP contribution in [0.1, 0.15) is 44.1 Å². The van der Waals surface area contributed by atoms with Crippen LogP contribution in [0.25, 0.3) is 0 Å². The monoisotopic (exact) mass is 428 g/mol. The van der Waals surface area contributed by atoms with Crippen LogP contribution in [0.3, 0.4) is 0 Å². The first-order valence-corrected chi connectivity index (χ1v) is 11.8. The van der Waals surface area contributed by atoms with Gasteiger partial charge >= 0.3 is 6.03 Å². The number of nitrogens with one attached hydrogen (secondary N) is 3. The molecule has 1 aliphatic carbocycles. The third-order valence-corrected chi connectivity index (χ3v) is 6.44. The Morgan fingerprint density at radius 3 is 2.77 bits per heavy atom. The van der Waals surface area contributed by atoms with Crippen LogP contribution >= 0.6 is 0 Å². The molecular weight excluding hydrogens is 392 g/mol. The predicted octanol–water partition coefficient (Wildman–Crippen LogP) is 2.25. The number of piperazine rings is 1. The van der Waals surface area contributed by atoms with Gasteiger partial charge in [-0.3, -0.25) is 10.2 Å². The number of hydrogen-bond donors (Lipinski definition) is 3. The average Bonchev–Trinajstić information content (AvgIpc) is 2.81. The van der Waals surface area contributed by atoms with Gasteiger partial charge in [-0.05, 0) is 24.0 Å². The van der Waals surface area contributed by atoms with E-state index in [1.807, 2.05) is 17.3 Å². The Hall–Kier alpha value is -2.48. The van der Waals surface area contributed by atoms with E-state index in [-0.39, 0.29) is 6.03 Å². The summed E-state index contributed by atoms with van der Waals surface area (Å²) in [7, 11) is 0. The topological polar surface area (TPSA) is 81.8 Å². The van der Waals surface area contributed by atoms with Crippen LogP contribution in [0.15, 0.2) is 30.4 Å². The molecule has 0 atom stereocenters. The number of hydrogen-bond acceptors (Lipinski definition) is 6. The van der Waals surface area contributed by atoms with Gasteiger partial charge in [0, 0.05) is 64.3 Å². The maximum atomic E-state index is 12.5. The first-order valence-electron chi connectivity index (χ1n) is 11.8. The molecule has 8 nitrogen and oxygen atoms in total. The molecule has 2 amide bonds. The molecule has 8 heteroatoms. The van der Waals surface area contributed by atoms with Crippen LogP contribution in [0.4, 0.5) is 4.79 Å². The van der Waals surface area contributed by atoms with Gasteiger partial charge in [-0.1, -0.05) is 32.1 Å². The van der Waals surface area contributed by atoms with E-state index >= 15 is 0 Å². The van der Waals surface area contributed by atoms with Crippen molar-refractivity contribution in [2.24, 2.45) is 5.92 Å². The summed E-state index contributed by atoms with van der Waals surface area (Å²) in [6.07, 6.45) is 11.6. The molecule has 0 radical (unpaired) electrons. The average molecular weight is 429 g/mol. The van der Waals surface area contributed by atoms with Crippen molar-refractivity contribution < 1.29 is 9.53 Å². The zero-order valence-corrected chi connectivity index (χ0v) is 18.4. The van der Waals surface area contributed by atoms with Crippen molar-refractivity contribution in [2.45, 2.75) is 45.1 Å². The fourth-order valence-corrected chi connectivity index (χ4v) is 4.57. The summed E-state index contributed by atoms with van der Waals surface area (Å²) in [4.78, 5) is 21.1. The van der Waals surface area contributed by atoms with E-state index in [1.165, 1.54) is 37.7 Å². The molecule has 0 aromatic carbocycles. The van der Waals surface area contributed by atoms with Crippen molar-refractivity contribution in [3.8, 4) is 5.88 Å². The standard InChI is InChI=1S/C23H36N6O2/c30-23(27-21-17-24-9-10-25-21)29-13-11-28(12-14-29)18-20-6-8-26-22(16-20)31-15-7-19-4-2-1-3-5-19/h6,8,16-17,19,24-25H,1-5,7,9-15,18H2,(H,27,30). The summed E-state index contributed by atoms with van der Waals surface area (Å²) >= 11 is 0. The Balaban J connectivity index is 1.18. The van der Waals surface area contributed by atoms with E-state index < -0.39 is 0 Å². The van der Waals surface area contributed by atoms with Gasteiger partial charge in [0.2, 0.25) is 5.88 Å². The maximum absolute atomic E-state index is 12.5. The third-order valence-electron chi connectivity index (χ3n) is 6.44. The molecule has 3 aliphatic rings. The van der Waals surface area contributed by atoms with Gasteiger partial charge in [-0.15, -0.1) is 0 Å². The second-order valence-corrected chi connectivity index (χ2v) is 8.78. The number of ether oxygens (including phenoxy) is 1. The van der Waals surface area contributed by atoms with Gasteiger partial charge in [0.1, 0.15) is 5.82 Å². The van der Waals surface area contributed by atoms with Crippen LogP contribution in [0.5, 0.6) is 5.88 Å². The van der Waals surface area contributed by atoms with Crippen LogP contribution < -0.4 is 20.7 Å². The molecule has 31 heavy (non-hydrogen) atoms. The van der Waals surface area contributed by atoms with Crippen LogP contribution in [0.2, 0.25) is 0 Å². The minimum atomic E-state index is -0.0420. The molecule has 1 aromatic rings. The molecule has 0 unspecified atom stereocenters. The number of carbonyl (C=O) groups is 1. The molecule has 170 valence electrons. The number of urea groups is 1. The van der Waals surface area contributed by atoms with E-state index in [9.17, 15) is 4.79 Å². The largest absolute Gasteiger partial charge is 0.478 e. The highest BCUT2D eigenvalue weighted by Gasteiger charge is 2.22. The van der Waals surface area contributed by atoms with Crippen molar-refractivity contribution in [3.63, 3.8) is 0 Å². The molecule has 1 aromatic heterocycles. The molecule has 4 rings (SSSR count). The quantitative estimate of drug-likeness (QED) is 0.618. The van der Waals surface area contributed by atoms with Crippen LogP contribution in [-0.2, 0) is 6.54 Å². The molecule has 1 saturated heterocycles. The number of rotatable bonds is 7. The first kappa shape index (κ1) is 21.7. The van der Waals surface area contributed by atoms with E-state index in [0.717, 1.165) is 76.5 Å². The van der Waals surface area contributed by atoms with E-state index in [2.05, 4.69) is 38.0 Å². The van der Waals surface area contributed by atoms with Gasteiger partial charge in [0.05, 0.1) is 6.61 Å². The summed E-state index contributed by atoms with van der Waals surface area (Å²) in [5.41, 5.74) is 1.21. The fourth-order valence-electron chi connectivity index (χ4n) is 4.57. The lowest BCUT2D eigenvalue weighted by atomic mass is 9.87. The zero-order valence-electron chi connectivity index (χ0n) is 18.4. The highest BCUT2D eigenvalue weighted by atomic mass is 16.5. The molecule has 2 fully saturated rings. The first-order chi connectivity index (χ1) is 15.3. The summed E-state index contributed by atoms with van der Waals surface area (Å²) in [5.74, 6) is 2.30. The molecule has 2 aliphatic heterocycles. The summed E-state index contributed by atoms with van der Waals surface area (Å²) in [6, 6.07) is 4.08. The molecule has 0 bridgehead atoms. The van der Waals surface area contributed by atoms with Gasteiger partial charge in [-0.2, -0.15) is 0 Å². The summed E-state index contributed by atoms with van der Waals surface area (Å²) < 4.78 is 5.95. The van der Waals surface area contributed by atoms with Gasteiger partial charge in [0.15, 0.2) is 0 Å². The van der Waals surface area contributed by atoms with Crippen molar-refractivity contribution in [3.05, 3.63) is 35.9 Å². The lowest BCUT2D eigenvalue weighted by molar-refractivity contribution is 0.136. The summed E-state index contributed by atoms with van der Waals surface area (Å²) in [6.45, 7) is 6.48. The van der Waals surface area contributed by atoms with Crippen LogP contribution in [0, 0.1) is 5.92 Å². The number of aromatic nitrogens is 1. The molecule has 1 saturated carbocycles. The third kappa shape index (κ3) is 6.75. The van der Waals surface area contributed by atoms with Gasteiger partial charge < -0.3 is 20.3 Å². The lowest BCUT2D eigenvalue weighted by Crippen LogP contribution is -2.52. The van der Waals surface area contributed by atoms with Crippen molar-refractivity contribution >= 4 is 6.03 Å². The Labute approximate surface area is 185 Å². The lowest BCUT2D eigenvalue weighted by Gasteiger charge is -2.35. The van der Waals surface area contributed by atoms with Crippen molar-refractivity contribution in [2.75, 3.05) is 45.9 Å². The fraction of sp³-hybridized carbons (Fsp3) is 0.652. The Bertz CT molecular complexity index is 741. The second-order valence-electron chi connectivity index (χ2n) is 8.78. The second kappa shape index (κ2) is 11.2. The smallest absolute Gasteiger partial charge is 0.323 e. The summed E-state index contributed by atoms with van der Waals surface area (Å²) in [5, 5.41) is 9.25. The SMILES string of the molecule is O=C(NC1=CNCCN1)N1CCN(Cc2ccnc(OCCC3CCCCC3)c2)CC1. The number of amides is 2.